The highest BCUT2D eigenvalue weighted by Crippen LogP contribution is 2.24. The number of aryl methyl sites for hydroxylation is 3. The fourth-order valence-corrected chi connectivity index (χ4v) is 4.81. The smallest absolute Gasteiger partial charge is 0.336 e. The van der Waals surface area contributed by atoms with Crippen LogP contribution < -0.4 is 0 Å². The molecular weight excluding hydrogens is 573 g/mol. The number of nitrogens with zero attached hydrogens (tertiary/aromatic N) is 5. The Morgan fingerprint density at radius 3 is 2.18 bits per heavy atom. The van der Waals surface area contributed by atoms with E-state index in [0.717, 1.165) is 43.9 Å². The van der Waals surface area contributed by atoms with E-state index in [2.05, 4.69) is 45.5 Å². The molecule has 2 heterocycles. The van der Waals surface area contributed by atoms with Gasteiger partial charge in [-0.05, 0) is 55.2 Å². The first-order valence-electron chi connectivity index (χ1n) is 13.8. The Kier molecular flexibility index (Phi) is 11.9. The Bertz CT molecular complexity index is 1510. The van der Waals surface area contributed by atoms with Gasteiger partial charge in [0, 0.05) is 51.0 Å². The molecule has 12 nitrogen and oxygen atoms in total. The molecule has 0 spiro atoms. The molecule has 0 bridgehead atoms. The molecule has 0 aliphatic rings. The average molecular weight is 610 g/mol. The summed E-state index contributed by atoms with van der Waals surface area (Å²) >= 11 is 0. The van der Waals surface area contributed by atoms with Crippen LogP contribution in [0.3, 0.4) is 0 Å². The monoisotopic (exact) mass is 609 g/mol. The molecule has 0 aliphatic carbocycles. The molecule has 4 rings (SSSR count). The molecule has 13 heteroatoms. The van der Waals surface area contributed by atoms with Crippen LogP contribution in [0.25, 0.3) is 5.69 Å². The Morgan fingerprint density at radius 1 is 0.955 bits per heavy atom. The zero-order valence-electron chi connectivity index (χ0n) is 24.5. The predicted molar refractivity (Wildman–Crippen MR) is 157 cm³/mol. The van der Waals surface area contributed by atoms with Gasteiger partial charge >= 0.3 is 17.9 Å². The maximum absolute atomic E-state index is 13.4. The van der Waals surface area contributed by atoms with Crippen molar-refractivity contribution in [3.63, 3.8) is 0 Å². The van der Waals surface area contributed by atoms with Crippen LogP contribution in [0, 0.1) is 19.7 Å². The first kappa shape index (κ1) is 33.6. The Labute approximate surface area is 253 Å². The number of carboxylic acid groups (broad SMARTS) is 3. The molecule has 0 saturated carbocycles. The van der Waals surface area contributed by atoms with Gasteiger partial charge in [-0.3, -0.25) is 14.5 Å². The molecule has 44 heavy (non-hydrogen) atoms. The van der Waals surface area contributed by atoms with Crippen molar-refractivity contribution in [2.75, 3.05) is 6.54 Å². The quantitative estimate of drug-likeness (QED) is 0.165. The average Bonchev–Trinajstić information content (AvgIpc) is 3.64. The highest BCUT2D eigenvalue weighted by molar-refractivity contribution is 5.88. The number of carbonyl (C=O) groups is 3. The zero-order chi connectivity index (χ0) is 32.3. The van der Waals surface area contributed by atoms with Crippen LogP contribution in [0.1, 0.15) is 41.5 Å². The first-order chi connectivity index (χ1) is 20.9. The SMILES string of the molecule is Cc1cc(C)c(-n2cccn2)c(CN(CCCn2ccnc2)Cc2ccc(F)cc2)c1.O=C(O)CC(O)(CC(=O)O)C(=O)O. The van der Waals surface area contributed by atoms with E-state index < -0.39 is 36.4 Å². The summed E-state index contributed by atoms with van der Waals surface area (Å²) in [6.07, 6.45) is 8.16. The molecule has 2 aromatic carbocycles. The lowest BCUT2D eigenvalue weighted by Gasteiger charge is -2.25. The molecule has 0 saturated heterocycles. The summed E-state index contributed by atoms with van der Waals surface area (Å²) in [5.74, 6) is -5.22. The first-order valence-corrected chi connectivity index (χ1v) is 13.8. The van der Waals surface area contributed by atoms with Crippen LogP contribution >= 0.6 is 0 Å². The topological polar surface area (TPSA) is 171 Å². The lowest BCUT2D eigenvalue weighted by Crippen LogP contribution is -2.42. The third-order valence-corrected chi connectivity index (χ3v) is 6.71. The molecule has 0 aliphatic heterocycles. The van der Waals surface area contributed by atoms with Gasteiger partial charge in [-0.2, -0.15) is 5.10 Å². The third kappa shape index (κ3) is 10.1. The lowest BCUT2D eigenvalue weighted by atomic mass is 9.96. The van der Waals surface area contributed by atoms with Gasteiger partial charge in [0.1, 0.15) is 5.82 Å². The number of hydrogen-bond acceptors (Lipinski definition) is 7. The van der Waals surface area contributed by atoms with Crippen LogP contribution in [-0.4, -0.2) is 74.7 Å². The normalized spacial score (nSPS) is 11.2. The Morgan fingerprint density at radius 2 is 1.64 bits per heavy atom. The van der Waals surface area contributed by atoms with Gasteiger partial charge in [0.2, 0.25) is 0 Å². The van der Waals surface area contributed by atoms with Crippen LogP contribution in [-0.2, 0) is 34.0 Å². The van der Waals surface area contributed by atoms with E-state index in [9.17, 15) is 18.8 Å². The van der Waals surface area contributed by atoms with Gasteiger partial charge in [-0.1, -0.05) is 29.8 Å². The van der Waals surface area contributed by atoms with Gasteiger partial charge in [0.25, 0.3) is 0 Å². The summed E-state index contributed by atoms with van der Waals surface area (Å²) in [5, 5.41) is 38.3. The van der Waals surface area contributed by atoms with Gasteiger partial charge in [0.05, 0.1) is 24.9 Å². The standard InChI is InChI=1S/C25H28FN5.C6H8O7/c1-20-15-21(2)25(31-13-3-9-28-31)23(16-20)18-30(12-4-11-29-14-10-27-19-29)17-22-5-7-24(26)8-6-22;7-3(8)1-6(13,5(11)12)2-4(9)10/h3,5-10,13-16,19H,4,11-12,17-18H2,1-2H3;13H,1-2H2,(H,7,8)(H,9,10)(H,11,12). The van der Waals surface area contributed by atoms with E-state index >= 15 is 0 Å². The van der Waals surface area contributed by atoms with Crippen molar-refractivity contribution in [2.45, 2.75) is 58.3 Å². The summed E-state index contributed by atoms with van der Waals surface area (Å²) in [4.78, 5) is 37.0. The summed E-state index contributed by atoms with van der Waals surface area (Å²) in [6.45, 7) is 7.65. The summed E-state index contributed by atoms with van der Waals surface area (Å²) in [7, 11) is 0. The van der Waals surface area contributed by atoms with E-state index in [4.69, 9.17) is 20.4 Å². The summed E-state index contributed by atoms with van der Waals surface area (Å²) in [5.41, 5.74) is 3.19. The molecule has 0 radical (unpaired) electrons. The molecule has 4 aromatic rings. The molecule has 0 fully saturated rings. The number of carboxylic acids is 3. The molecule has 0 amide bonds. The van der Waals surface area contributed by atoms with Gasteiger partial charge < -0.3 is 25.0 Å². The molecule has 4 N–H and O–H groups in total. The second-order valence-corrected chi connectivity index (χ2v) is 10.5. The fraction of sp³-hybridized carbons (Fsp3) is 0.323. The molecule has 2 aromatic heterocycles. The molecular formula is C31H36FN5O7. The van der Waals surface area contributed by atoms with Crippen molar-refractivity contribution in [1.82, 2.24) is 24.2 Å². The number of aromatic nitrogens is 4. The Balaban J connectivity index is 0.000000345. The molecule has 234 valence electrons. The number of aliphatic carboxylic acids is 3. The van der Waals surface area contributed by atoms with Crippen LogP contribution in [0.2, 0.25) is 0 Å². The lowest BCUT2D eigenvalue weighted by molar-refractivity contribution is -0.170. The van der Waals surface area contributed by atoms with Gasteiger partial charge in [-0.15, -0.1) is 0 Å². The molecule has 0 atom stereocenters. The minimum atomic E-state index is -2.74. The molecule has 0 unspecified atom stereocenters. The van der Waals surface area contributed by atoms with Crippen LogP contribution in [0.15, 0.2) is 73.6 Å². The van der Waals surface area contributed by atoms with E-state index in [-0.39, 0.29) is 5.82 Å². The number of benzene rings is 2. The largest absolute Gasteiger partial charge is 0.481 e. The van der Waals surface area contributed by atoms with Crippen molar-refractivity contribution < 1.29 is 39.2 Å². The third-order valence-electron chi connectivity index (χ3n) is 6.71. The zero-order valence-corrected chi connectivity index (χ0v) is 24.5. The number of imidazole rings is 1. The second-order valence-electron chi connectivity index (χ2n) is 10.5. The minimum absolute atomic E-state index is 0.203. The summed E-state index contributed by atoms with van der Waals surface area (Å²) < 4.78 is 17.4. The highest BCUT2D eigenvalue weighted by Gasteiger charge is 2.40. The van der Waals surface area contributed by atoms with E-state index in [1.54, 1.807) is 0 Å². The summed E-state index contributed by atoms with van der Waals surface area (Å²) in [6, 6.07) is 13.2. The van der Waals surface area contributed by atoms with Crippen LogP contribution in [0.5, 0.6) is 0 Å². The minimum Gasteiger partial charge on any atom is -0.481 e. The van der Waals surface area contributed by atoms with Crippen molar-refractivity contribution in [3.05, 3.63) is 102 Å². The number of rotatable bonds is 14. The fourth-order valence-electron chi connectivity index (χ4n) is 4.81. The van der Waals surface area contributed by atoms with Crippen molar-refractivity contribution in [3.8, 4) is 5.69 Å². The van der Waals surface area contributed by atoms with E-state index in [1.807, 2.05) is 54.0 Å². The van der Waals surface area contributed by atoms with Crippen molar-refractivity contribution in [1.29, 1.82) is 0 Å². The van der Waals surface area contributed by atoms with Crippen molar-refractivity contribution >= 4 is 17.9 Å². The number of halogens is 1. The number of hydrogen-bond donors (Lipinski definition) is 4. The Hall–Kier alpha value is -4.88. The van der Waals surface area contributed by atoms with E-state index in [0.29, 0.717) is 0 Å². The van der Waals surface area contributed by atoms with Crippen LogP contribution in [0.4, 0.5) is 4.39 Å². The van der Waals surface area contributed by atoms with E-state index in [1.165, 1.54) is 28.8 Å². The second kappa shape index (κ2) is 15.5. The maximum Gasteiger partial charge on any atom is 0.336 e. The predicted octanol–water partition coefficient (Wildman–Crippen LogP) is 3.67. The van der Waals surface area contributed by atoms with Gasteiger partial charge in [0.15, 0.2) is 5.60 Å². The van der Waals surface area contributed by atoms with Crippen molar-refractivity contribution in [2.24, 2.45) is 0 Å². The number of aliphatic hydroxyl groups is 1. The highest BCUT2D eigenvalue weighted by atomic mass is 19.1. The maximum atomic E-state index is 13.4. The van der Waals surface area contributed by atoms with Gasteiger partial charge in [-0.25, -0.2) is 18.9 Å².